The van der Waals surface area contributed by atoms with E-state index in [1.165, 1.54) is 0 Å². The highest BCUT2D eigenvalue weighted by Gasteiger charge is 2.38. The van der Waals surface area contributed by atoms with Gasteiger partial charge in [0.2, 0.25) is 11.8 Å². The molecular weight excluding hydrogens is 218 g/mol. The van der Waals surface area contributed by atoms with E-state index < -0.39 is 11.0 Å². The highest BCUT2D eigenvalue weighted by Crippen LogP contribution is 2.27. The van der Waals surface area contributed by atoms with E-state index in [1.54, 1.807) is 20.9 Å². The van der Waals surface area contributed by atoms with Crippen molar-refractivity contribution in [2.75, 3.05) is 13.6 Å². The van der Waals surface area contributed by atoms with Crippen molar-refractivity contribution in [1.82, 2.24) is 10.6 Å². The normalized spacial score (nSPS) is 18.8. The summed E-state index contributed by atoms with van der Waals surface area (Å²) in [6.07, 6.45) is 3.48. The lowest BCUT2D eigenvalue weighted by molar-refractivity contribution is -0.130. The maximum Gasteiger partial charge on any atom is 0.240 e. The van der Waals surface area contributed by atoms with Crippen LogP contribution in [0.3, 0.4) is 0 Å². The van der Waals surface area contributed by atoms with Gasteiger partial charge in [-0.15, -0.1) is 0 Å². The van der Waals surface area contributed by atoms with Gasteiger partial charge in [0.1, 0.15) is 0 Å². The van der Waals surface area contributed by atoms with Crippen LogP contribution in [0, 0.1) is 5.41 Å². The third-order valence-corrected chi connectivity index (χ3v) is 3.48. The average Bonchev–Trinajstić information content (AvgIpc) is 2.73. The highest BCUT2D eigenvalue weighted by atomic mass is 16.2. The van der Waals surface area contributed by atoms with E-state index in [1.807, 2.05) is 0 Å². The number of rotatable bonds is 4. The third-order valence-electron chi connectivity index (χ3n) is 3.48. The van der Waals surface area contributed by atoms with Crippen LogP contribution in [0.4, 0.5) is 0 Å². The molecule has 4 N–H and O–H groups in total. The molecule has 1 aliphatic carbocycles. The Morgan fingerprint density at radius 2 is 1.82 bits per heavy atom. The molecule has 0 unspecified atom stereocenters. The molecule has 0 aromatic carbocycles. The Kier molecular flexibility index (Phi) is 4.14. The molecule has 0 radical (unpaired) electrons. The lowest BCUT2D eigenvalue weighted by Crippen LogP contribution is -2.54. The molecule has 1 fully saturated rings. The molecule has 0 aromatic rings. The Morgan fingerprint density at radius 3 is 2.29 bits per heavy atom. The van der Waals surface area contributed by atoms with Crippen molar-refractivity contribution in [1.29, 1.82) is 0 Å². The predicted molar refractivity (Wildman–Crippen MR) is 66.2 cm³/mol. The first-order chi connectivity index (χ1) is 7.82. The first kappa shape index (κ1) is 14.0. The fourth-order valence-corrected chi connectivity index (χ4v) is 2.13. The van der Waals surface area contributed by atoms with Gasteiger partial charge >= 0.3 is 0 Å². The fraction of sp³-hybridized carbons (Fsp3) is 0.833. The zero-order valence-electron chi connectivity index (χ0n) is 10.9. The van der Waals surface area contributed by atoms with Crippen molar-refractivity contribution in [3.63, 3.8) is 0 Å². The van der Waals surface area contributed by atoms with Gasteiger partial charge in [0.15, 0.2) is 0 Å². The summed E-state index contributed by atoms with van der Waals surface area (Å²) in [5, 5.41) is 5.38. The highest BCUT2D eigenvalue weighted by molar-refractivity contribution is 5.87. The molecule has 0 aromatic heterocycles. The van der Waals surface area contributed by atoms with Crippen LogP contribution in [0.5, 0.6) is 0 Å². The van der Waals surface area contributed by atoms with Crippen molar-refractivity contribution in [3.8, 4) is 0 Å². The third kappa shape index (κ3) is 3.19. The van der Waals surface area contributed by atoms with Crippen molar-refractivity contribution in [2.45, 2.75) is 45.1 Å². The van der Waals surface area contributed by atoms with Gasteiger partial charge in [-0.05, 0) is 26.7 Å². The van der Waals surface area contributed by atoms with Crippen LogP contribution >= 0.6 is 0 Å². The summed E-state index contributed by atoms with van der Waals surface area (Å²) in [6.45, 7) is 3.90. The van der Waals surface area contributed by atoms with E-state index in [0.717, 1.165) is 25.7 Å². The number of nitrogens with one attached hydrogen (secondary N) is 2. The maximum atomic E-state index is 12.0. The zero-order valence-corrected chi connectivity index (χ0v) is 10.9. The summed E-state index contributed by atoms with van der Waals surface area (Å²) in [7, 11) is 1.59. The molecule has 5 heteroatoms. The van der Waals surface area contributed by atoms with Gasteiger partial charge in [-0.25, -0.2) is 0 Å². The quantitative estimate of drug-likeness (QED) is 0.655. The minimum atomic E-state index is -0.723. The number of hydrogen-bond donors (Lipinski definition) is 3. The Balaban J connectivity index is 2.50. The SMILES string of the molecule is CNC(=O)C(C)(C)CNC(=O)C1(N)CCCC1. The number of amides is 2. The second-order valence-electron chi connectivity index (χ2n) is 5.51. The summed E-state index contributed by atoms with van der Waals surface area (Å²) in [5.41, 5.74) is 4.69. The first-order valence-corrected chi connectivity index (χ1v) is 6.11. The van der Waals surface area contributed by atoms with Crippen LogP contribution < -0.4 is 16.4 Å². The Morgan fingerprint density at radius 1 is 1.29 bits per heavy atom. The van der Waals surface area contributed by atoms with Crippen LogP contribution in [0.2, 0.25) is 0 Å². The molecule has 0 bridgehead atoms. The van der Waals surface area contributed by atoms with Gasteiger partial charge in [0, 0.05) is 13.6 Å². The van der Waals surface area contributed by atoms with E-state index in [2.05, 4.69) is 10.6 Å². The van der Waals surface area contributed by atoms with Crippen LogP contribution in [0.1, 0.15) is 39.5 Å². The van der Waals surface area contributed by atoms with Crippen LogP contribution in [-0.2, 0) is 9.59 Å². The standard InChI is InChI=1S/C12H23N3O2/c1-11(2,9(16)14-3)8-15-10(17)12(13)6-4-5-7-12/h4-8,13H2,1-3H3,(H,14,16)(H,15,17). The van der Waals surface area contributed by atoms with E-state index in [9.17, 15) is 9.59 Å². The number of nitrogens with two attached hydrogens (primary N) is 1. The largest absolute Gasteiger partial charge is 0.359 e. The minimum Gasteiger partial charge on any atom is -0.359 e. The van der Waals surface area contributed by atoms with E-state index in [-0.39, 0.29) is 11.8 Å². The molecule has 1 saturated carbocycles. The number of carbonyl (C=O) groups excluding carboxylic acids is 2. The predicted octanol–water partition coefficient (Wildman–Crippen LogP) is 0.146. The smallest absolute Gasteiger partial charge is 0.240 e. The van der Waals surface area contributed by atoms with E-state index in [0.29, 0.717) is 6.54 Å². The molecule has 1 aliphatic rings. The second kappa shape index (κ2) is 5.04. The van der Waals surface area contributed by atoms with Crippen LogP contribution in [-0.4, -0.2) is 30.9 Å². The molecule has 17 heavy (non-hydrogen) atoms. The number of carbonyl (C=O) groups is 2. The fourth-order valence-electron chi connectivity index (χ4n) is 2.13. The van der Waals surface area contributed by atoms with Crippen LogP contribution in [0.25, 0.3) is 0 Å². The molecule has 98 valence electrons. The summed E-state index contributed by atoms with van der Waals surface area (Å²) in [4.78, 5) is 23.5. The van der Waals surface area contributed by atoms with Gasteiger partial charge < -0.3 is 16.4 Å². The van der Waals surface area contributed by atoms with Crippen molar-refractivity contribution < 1.29 is 9.59 Å². The van der Waals surface area contributed by atoms with E-state index >= 15 is 0 Å². The lowest BCUT2D eigenvalue weighted by atomic mass is 9.91. The molecule has 0 aliphatic heterocycles. The maximum absolute atomic E-state index is 12.0. The van der Waals surface area contributed by atoms with Crippen molar-refractivity contribution in [3.05, 3.63) is 0 Å². The Bertz CT molecular complexity index is 307. The molecule has 0 saturated heterocycles. The van der Waals surface area contributed by atoms with Crippen molar-refractivity contribution in [2.24, 2.45) is 11.1 Å². The molecule has 0 heterocycles. The Hall–Kier alpha value is -1.10. The van der Waals surface area contributed by atoms with Gasteiger partial charge in [-0.3, -0.25) is 9.59 Å². The van der Waals surface area contributed by atoms with E-state index in [4.69, 9.17) is 5.73 Å². The summed E-state index contributed by atoms with van der Waals surface area (Å²) in [6, 6.07) is 0. The van der Waals surface area contributed by atoms with Gasteiger partial charge in [-0.1, -0.05) is 12.8 Å². The lowest BCUT2D eigenvalue weighted by Gasteiger charge is -2.27. The molecule has 0 spiro atoms. The second-order valence-corrected chi connectivity index (χ2v) is 5.51. The molecule has 5 nitrogen and oxygen atoms in total. The molecule has 2 amide bonds. The summed E-state index contributed by atoms with van der Waals surface area (Å²) >= 11 is 0. The topological polar surface area (TPSA) is 84.2 Å². The minimum absolute atomic E-state index is 0.0877. The number of hydrogen-bond acceptors (Lipinski definition) is 3. The average molecular weight is 241 g/mol. The van der Waals surface area contributed by atoms with Crippen molar-refractivity contribution >= 4 is 11.8 Å². The van der Waals surface area contributed by atoms with Gasteiger partial charge in [-0.2, -0.15) is 0 Å². The monoisotopic (exact) mass is 241 g/mol. The van der Waals surface area contributed by atoms with Crippen LogP contribution in [0.15, 0.2) is 0 Å². The summed E-state index contributed by atoms with van der Waals surface area (Å²) < 4.78 is 0. The zero-order chi connectivity index (χ0) is 13.1. The molecular formula is C12H23N3O2. The van der Waals surface area contributed by atoms with Gasteiger partial charge in [0.05, 0.1) is 11.0 Å². The van der Waals surface area contributed by atoms with Gasteiger partial charge in [0.25, 0.3) is 0 Å². The summed E-state index contributed by atoms with van der Waals surface area (Å²) in [5.74, 6) is -0.220. The molecule has 1 rings (SSSR count). The Labute approximate surface area is 103 Å². The first-order valence-electron chi connectivity index (χ1n) is 6.11. The molecule has 0 atom stereocenters.